The predicted molar refractivity (Wildman–Crippen MR) is 132 cm³/mol. The molecule has 1 aliphatic rings. The maximum Gasteiger partial charge on any atom is 0.180 e. The smallest absolute Gasteiger partial charge is 0.180 e. The van der Waals surface area contributed by atoms with E-state index in [1.165, 1.54) is 6.26 Å². The fourth-order valence-electron chi connectivity index (χ4n) is 4.50. The molecule has 0 amide bonds. The van der Waals surface area contributed by atoms with E-state index in [2.05, 4.69) is 14.9 Å². The molecule has 3 aromatic heterocycles. The Bertz CT molecular complexity index is 1470. The molecule has 176 valence electrons. The van der Waals surface area contributed by atoms with Crippen molar-refractivity contribution in [2.24, 2.45) is 5.73 Å². The fraction of sp³-hybridized carbons (Fsp3) is 0.292. The Balaban J connectivity index is 1.60. The monoisotopic (exact) mass is 477 g/mol. The Hall–Kier alpha value is -3.50. The summed E-state index contributed by atoms with van der Waals surface area (Å²) in [5.74, 6) is 0.379. The lowest BCUT2D eigenvalue weighted by atomic mass is 10.0. The van der Waals surface area contributed by atoms with Gasteiger partial charge < -0.3 is 16.4 Å². The Kier molecular flexibility index (Phi) is 5.70. The fourth-order valence-corrected chi connectivity index (χ4v) is 5.17. The van der Waals surface area contributed by atoms with Crippen molar-refractivity contribution in [2.75, 3.05) is 30.0 Å². The first-order valence-electron chi connectivity index (χ1n) is 11.2. The van der Waals surface area contributed by atoms with Crippen LogP contribution in [-0.2, 0) is 16.3 Å². The van der Waals surface area contributed by atoms with E-state index in [9.17, 15) is 8.42 Å². The summed E-state index contributed by atoms with van der Waals surface area (Å²) in [6, 6.07) is 9.02. The van der Waals surface area contributed by atoms with Gasteiger partial charge in [0.1, 0.15) is 0 Å². The van der Waals surface area contributed by atoms with Gasteiger partial charge in [0.05, 0.1) is 22.5 Å². The molecule has 0 unspecified atom stereocenters. The van der Waals surface area contributed by atoms with Gasteiger partial charge in [0.2, 0.25) is 0 Å². The third-order valence-corrected chi connectivity index (χ3v) is 7.34. The lowest BCUT2D eigenvalue weighted by molar-refractivity contribution is 0.505. The van der Waals surface area contributed by atoms with Crippen LogP contribution in [0.5, 0.6) is 0 Å². The predicted octanol–water partition coefficient (Wildman–Crippen LogP) is 2.30. The van der Waals surface area contributed by atoms with E-state index in [0.29, 0.717) is 23.6 Å². The molecule has 4 N–H and O–H groups in total. The summed E-state index contributed by atoms with van der Waals surface area (Å²) < 4.78 is 26.1. The third kappa shape index (κ3) is 4.34. The number of nitrogen functional groups attached to an aromatic ring is 1. The zero-order chi connectivity index (χ0) is 23.9. The maximum absolute atomic E-state index is 12.1. The molecule has 4 heterocycles. The number of hydrogen-bond donors (Lipinski definition) is 2. The van der Waals surface area contributed by atoms with Gasteiger partial charge in [0.25, 0.3) is 0 Å². The molecule has 0 spiro atoms. The van der Waals surface area contributed by atoms with Crippen LogP contribution in [0, 0.1) is 0 Å². The number of pyridine rings is 1. The van der Waals surface area contributed by atoms with Crippen molar-refractivity contribution >= 4 is 27.0 Å². The van der Waals surface area contributed by atoms with Crippen LogP contribution in [0.25, 0.3) is 16.9 Å². The second-order valence-corrected chi connectivity index (χ2v) is 10.8. The van der Waals surface area contributed by atoms with E-state index in [1.54, 1.807) is 24.4 Å². The zero-order valence-electron chi connectivity index (χ0n) is 18.9. The highest BCUT2D eigenvalue weighted by Crippen LogP contribution is 2.30. The standard InChI is InChI=1S/C24H27N7O2S/c1-34(32,33)20-6-2-4-16(11-20)21-12-17(22(14-28-21)30-8-3-5-18(25)15-30)10-19-13-29-24-23(26)27-7-9-31(19)24/h2,4,6-7,9,11-14,18H,3,5,8,10,15,25H2,1H3,(H2,26,27)/t18-/m1/s1. The van der Waals surface area contributed by atoms with Crippen molar-refractivity contribution in [3.63, 3.8) is 0 Å². The van der Waals surface area contributed by atoms with Crippen molar-refractivity contribution < 1.29 is 8.42 Å². The Morgan fingerprint density at radius 3 is 2.79 bits per heavy atom. The number of rotatable bonds is 5. The molecule has 10 heteroatoms. The molecule has 1 aliphatic heterocycles. The molecule has 1 atom stereocenters. The Morgan fingerprint density at radius 2 is 2.00 bits per heavy atom. The lowest BCUT2D eigenvalue weighted by Gasteiger charge is -2.34. The Labute approximate surface area is 198 Å². The van der Waals surface area contributed by atoms with Gasteiger partial charge in [0.15, 0.2) is 21.3 Å². The number of nitrogens with two attached hydrogens (primary N) is 2. The van der Waals surface area contributed by atoms with Gasteiger partial charge in [-0.05, 0) is 36.6 Å². The van der Waals surface area contributed by atoms with Gasteiger partial charge in [-0.15, -0.1) is 0 Å². The van der Waals surface area contributed by atoms with E-state index >= 15 is 0 Å². The van der Waals surface area contributed by atoms with Crippen molar-refractivity contribution in [1.82, 2.24) is 19.4 Å². The first-order valence-corrected chi connectivity index (χ1v) is 13.0. The van der Waals surface area contributed by atoms with Crippen LogP contribution in [0.4, 0.5) is 11.5 Å². The summed E-state index contributed by atoms with van der Waals surface area (Å²) in [7, 11) is -3.32. The molecule has 4 aromatic rings. The SMILES string of the molecule is CS(=O)(=O)c1cccc(-c2cc(Cc3cnc4c(N)nccn34)c(N3CCC[C@@H](N)C3)cn2)c1. The van der Waals surface area contributed by atoms with Gasteiger partial charge in [-0.3, -0.25) is 9.38 Å². The maximum atomic E-state index is 12.1. The lowest BCUT2D eigenvalue weighted by Crippen LogP contribution is -2.43. The largest absolute Gasteiger partial charge is 0.381 e. The topological polar surface area (TPSA) is 132 Å². The average Bonchev–Trinajstić information content (AvgIpc) is 3.23. The summed E-state index contributed by atoms with van der Waals surface area (Å²) in [5.41, 5.74) is 17.4. The number of imidazole rings is 1. The van der Waals surface area contributed by atoms with Gasteiger partial charge in [-0.1, -0.05) is 12.1 Å². The van der Waals surface area contributed by atoms with Gasteiger partial charge in [0, 0.05) is 61.7 Å². The van der Waals surface area contributed by atoms with Crippen molar-refractivity contribution in [3.8, 4) is 11.3 Å². The highest BCUT2D eigenvalue weighted by Gasteiger charge is 2.21. The van der Waals surface area contributed by atoms with Crippen LogP contribution < -0.4 is 16.4 Å². The van der Waals surface area contributed by atoms with E-state index in [1.807, 2.05) is 35.1 Å². The van der Waals surface area contributed by atoms with E-state index in [0.717, 1.165) is 48.4 Å². The minimum absolute atomic E-state index is 0.120. The summed E-state index contributed by atoms with van der Waals surface area (Å²) in [5, 5.41) is 0. The average molecular weight is 478 g/mol. The van der Waals surface area contributed by atoms with Crippen molar-refractivity contribution in [1.29, 1.82) is 0 Å². The normalized spacial score (nSPS) is 16.8. The van der Waals surface area contributed by atoms with Crippen LogP contribution in [0.2, 0.25) is 0 Å². The zero-order valence-corrected chi connectivity index (χ0v) is 19.7. The van der Waals surface area contributed by atoms with E-state index in [-0.39, 0.29) is 10.9 Å². The second kappa shape index (κ2) is 8.69. The molecule has 0 radical (unpaired) electrons. The number of hydrogen-bond acceptors (Lipinski definition) is 8. The molecular weight excluding hydrogens is 450 g/mol. The van der Waals surface area contributed by atoms with Crippen LogP contribution in [0.1, 0.15) is 24.1 Å². The third-order valence-electron chi connectivity index (χ3n) is 6.23. The number of fused-ring (bicyclic) bond motifs is 1. The quantitative estimate of drug-likeness (QED) is 0.447. The molecule has 0 aliphatic carbocycles. The number of benzene rings is 1. The number of anilines is 2. The molecule has 5 rings (SSSR count). The molecule has 9 nitrogen and oxygen atoms in total. The molecule has 1 saturated heterocycles. The molecule has 1 fully saturated rings. The summed E-state index contributed by atoms with van der Waals surface area (Å²) in [4.78, 5) is 15.8. The van der Waals surface area contributed by atoms with E-state index in [4.69, 9.17) is 16.5 Å². The van der Waals surface area contributed by atoms with E-state index < -0.39 is 9.84 Å². The number of sulfone groups is 1. The summed E-state index contributed by atoms with van der Waals surface area (Å²) >= 11 is 0. The number of aromatic nitrogens is 4. The first kappa shape index (κ1) is 22.3. The van der Waals surface area contributed by atoms with Gasteiger partial charge in [-0.2, -0.15) is 0 Å². The molecular formula is C24H27N7O2S. The van der Waals surface area contributed by atoms with Crippen molar-refractivity contribution in [3.05, 3.63) is 66.4 Å². The minimum atomic E-state index is -3.32. The molecule has 1 aromatic carbocycles. The highest BCUT2D eigenvalue weighted by atomic mass is 32.2. The summed E-state index contributed by atoms with van der Waals surface area (Å²) in [6.45, 7) is 1.68. The van der Waals surface area contributed by atoms with Crippen LogP contribution in [-0.4, -0.2) is 53.2 Å². The van der Waals surface area contributed by atoms with Crippen LogP contribution in [0.15, 0.2) is 60.0 Å². The van der Waals surface area contributed by atoms with Crippen LogP contribution >= 0.6 is 0 Å². The minimum Gasteiger partial charge on any atom is -0.381 e. The van der Waals surface area contributed by atoms with Crippen molar-refractivity contribution in [2.45, 2.75) is 30.2 Å². The summed E-state index contributed by atoms with van der Waals surface area (Å²) in [6.07, 6.45) is 11.0. The highest BCUT2D eigenvalue weighted by molar-refractivity contribution is 7.90. The van der Waals surface area contributed by atoms with Gasteiger partial charge >= 0.3 is 0 Å². The molecule has 34 heavy (non-hydrogen) atoms. The van der Waals surface area contributed by atoms with Crippen LogP contribution in [0.3, 0.4) is 0 Å². The Morgan fingerprint density at radius 1 is 1.15 bits per heavy atom. The first-order chi connectivity index (χ1) is 16.3. The van der Waals surface area contributed by atoms with Gasteiger partial charge in [-0.25, -0.2) is 18.4 Å². The molecule has 0 bridgehead atoms. The number of piperidine rings is 1. The second-order valence-electron chi connectivity index (χ2n) is 8.78. The number of nitrogens with zero attached hydrogens (tertiary/aromatic N) is 5. The molecule has 0 saturated carbocycles.